The molecule has 3 atom stereocenters. The maximum atomic E-state index is 11.0. The second-order valence-electron chi connectivity index (χ2n) is 4.08. The largest absolute Gasteiger partial charge is 0.469 e. The maximum absolute atomic E-state index is 11.0. The fourth-order valence-corrected chi connectivity index (χ4v) is 1.76. The van der Waals surface area contributed by atoms with Gasteiger partial charge in [0.05, 0.1) is 13.5 Å². The van der Waals surface area contributed by atoms with Crippen molar-refractivity contribution < 1.29 is 9.53 Å². The summed E-state index contributed by atoms with van der Waals surface area (Å²) >= 11 is 0. The Hall–Kier alpha value is -0.570. The fraction of sp³-hybridized carbons (Fsp3) is 0.889. The lowest BCUT2D eigenvalue weighted by molar-refractivity contribution is -0.142. The third-order valence-electron chi connectivity index (χ3n) is 2.71. The van der Waals surface area contributed by atoms with Gasteiger partial charge in [0.2, 0.25) is 0 Å². The van der Waals surface area contributed by atoms with Crippen LogP contribution in [-0.4, -0.2) is 18.6 Å². The quantitative estimate of drug-likeness (QED) is 0.642. The van der Waals surface area contributed by atoms with Gasteiger partial charge >= 0.3 is 5.97 Å². The highest BCUT2D eigenvalue weighted by molar-refractivity contribution is 5.70. The van der Waals surface area contributed by atoms with Crippen molar-refractivity contribution in [2.24, 2.45) is 17.6 Å². The van der Waals surface area contributed by atoms with Crippen molar-refractivity contribution in [1.29, 1.82) is 0 Å². The second kappa shape index (κ2) is 3.05. The van der Waals surface area contributed by atoms with Crippen molar-refractivity contribution >= 4 is 5.97 Å². The summed E-state index contributed by atoms with van der Waals surface area (Å²) in [6.45, 7) is 4.09. The van der Waals surface area contributed by atoms with E-state index in [-0.39, 0.29) is 11.5 Å². The summed E-state index contributed by atoms with van der Waals surface area (Å²) in [5.41, 5.74) is 5.62. The first kappa shape index (κ1) is 9.52. The number of carbonyl (C=O) groups excluding carboxylic acids is 1. The Balaban J connectivity index is 2.43. The molecule has 0 bridgehead atoms. The highest BCUT2D eigenvalue weighted by atomic mass is 16.5. The number of methoxy groups -OCH3 is 1. The smallest absolute Gasteiger partial charge is 0.307 e. The van der Waals surface area contributed by atoms with Crippen molar-refractivity contribution in [3.8, 4) is 0 Å². The van der Waals surface area contributed by atoms with Gasteiger partial charge in [0.15, 0.2) is 0 Å². The van der Waals surface area contributed by atoms with E-state index in [2.05, 4.69) is 11.7 Å². The third kappa shape index (κ3) is 1.97. The standard InChI is InChI=1S/C9H17NO2/c1-6-4-7(6)9(2,10)5-8(11)12-3/h6-7H,4-5,10H2,1-3H3. The molecule has 0 spiro atoms. The van der Waals surface area contributed by atoms with Crippen LogP contribution in [-0.2, 0) is 9.53 Å². The van der Waals surface area contributed by atoms with E-state index in [9.17, 15) is 4.79 Å². The predicted molar refractivity (Wildman–Crippen MR) is 46.5 cm³/mol. The number of carbonyl (C=O) groups is 1. The van der Waals surface area contributed by atoms with E-state index in [1.54, 1.807) is 0 Å². The van der Waals surface area contributed by atoms with Crippen molar-refractivity contribution in [3.63, 3.8) is 0 Å². The topological polar surface area (TPSA) is 52.3 Å². The molecular weight excluding hydrogens is 154 g/mol. The predicted octanol–water partition coefficient (Wildman–Crippen LogP) is 0.923. The molecule has 0 amide bonds. The number of hydrogen-bond donors (Lipinski definition) is 1. The fourth-order valence-electron chi connectivity index (χ4n) is 1.76. The minimum atomic E-state index is -0.369. The number of ether oxygens (including phenoxy) is 1. The summed E-state index contributed by atoms with van der Waals surface area (Å²) in [4.78, 5) is 11.0. The van der Waals surface area contributed by atoms with Gasteiger partial charge in [-0.2, -0.15) is 0 Å². The molecule has 0 aromatic heterocycles. The Morgan fingerprint density at radius 2 is 2.25 bits per heavy atom. The number of hydrogen-bond acceptors (Lipinski definition) is 3. The Kier molecular flexibility index (Phi) is 2.42. The molecule has 1 fully saturated rings. The zero-order valence-electron chi connectivity index (χ0n) is 7.96. The lowest BCUT2D eigenvalue weighted by Crippen LogP contribution is -2.41. The monoisotopic (exact) mass is 171 g/mol. The molecular formula is C9H17NO2. The highest BCUT2D eigenvalue weighted by Crippen LogP contribution is 2.46. The minimum Gasteiger partial charge on any atom is -0.469 e. The van der Waals surface area contributed by atoms with Crippen molar-refractivity contribution in [2.75, 3.05) is 7.11 Å². The van der Waals surface area contributed by atoms with Crippen LogP contribution in [0.25, 0.3) is 0 Å². The molecule has 0 saturated heterocycles. The number of rotatable bonds is 3. The maximum Gasteiger partial charge on any atom is 0.307 e. The first-order valence-electron chi connectivity index (χ1n) is 4.33. The Morgan fingerprint density at radius 3 is 2.58 bits per heavy atom. The SMILES string of the molecule is COC(=O)CC(C)(N)C1CC1C. The molecule has 0 aromatic carbocycles. The molecule has 1 rings (SSSR count). The van der Waals surface area contributed by atoms with Gasteiger partial charge in [0.25, 0.3) is 0 Å². The van der Waals surface area contributed by atoms with E-state index in [0.29, 0.717) is 18.3 Å². The third-order valence-corrected chi connectivity index (χ3v) is 2.71. The second-order valence-corrected chi connectivity index (χ2v) is 4.08. The van der Waals surface area contributed by atoms with Gasteiger partial charge in [-0.3, -0.25) is 4.79 Å². The zero-order valence-corrected chi connectivity index (χ0v) is 7.96. The van der Waals surface area contributed by atoms with Crippen LogP contribution in [0.4, 0.5) is 0 Å². The van der Waals surface area contributed by atoms with Crippen LogP contribution in [0.3, 0.4) is 0 Å². The van der Waals surface area contributed by atoms with Crippen molar-refractivity contribution in [3.05, 3.63) is 0 Å². The van der Waals surface area contributed by atoms with Crippen molar-refractivity contribution in [2.45, 2.75) is 32.2 Å². The molecule has 1 aliphatic carbocycles. The molecule has 2 N–H and O–H groups in total. The molecule has 0 aliphatic heterocycles. The molecule has 3 nitrogen and oxygen atoms in total. The molecule has 0 heterocycles. The van der Waals surface area contributed by atoms with Gasteiger partial charge in [0, 0.05) is 5.54 Å². The van der Waals surface area contributed by atoms with E-state index in [4.69, 9.17) is 5.73 Å². The van der Waals surface area contributed by atoms with Crippen LogP contribution >= 0.6 is 0 Å². The van der Waals surface area contributed by atoms with E-state index < -0.39 is 0 Å². The van der Waals surface area contributed by atoms with E-state index >= 15 is 0 Å². The summed E-state index contributed by atoms with van der Waals surface area (Å²) in [7, 11) is 1.40. The first-order valence-corrected chi connectivity index (χ1v) is 4.33. The van der Waals surface area contributed by atoms with E-state index in [1.807, 2.05) is 6.92 Å². The zero-order chi connectivity index (χ0) is 9.35. The summed E-state index contributed by atoms with van der Waals surface area (Å²) < 4.78 is 4.58. The summed E-state index contributed by atoms with van der Waals surface area (Å²) in [6.07, 6.45) is 1.47. The van der Waals surface area contributed by atoms with Crippen LogP contribution in [0.5, 0.6) is 0 Å². The van der Waals surface area contributed by atoms with Crippen LogP contribution < -0.4 is 5.73 Å². The van der Waals surface area contributed by atoms with Gasteiger partial charge in [-0.1, -0.05) is 6.92 Å². The van der Waals surface area contributed by atoms with Crippen LogP contribution in [0.2, 0.25) is 0 Å². The lowest BCUT2D eigenvalue weighted by atomic mass is 9.92. The molecule has 70 valence electrons. The van der Waals surface area contributed by atoms with E-state index in [1.165, 1.54) is 7.11 Å². The molecule has 3 unspecified atom stereocenters. The number of nitrogens with two attached hydrogens (primary N) is 1. The first-order chi connectivity index (χ1) is 5.47. The van der Waals surface area contributed by atoms with Crippen LogP contribution in [0, 0.1) is 11.8 Å². The summed E-state index contributed by atoms with van der Waals surface area (Å²) in [6, 6.07) is 0. The molecule has 0 aromatic rings. The van der Waals surface area contributed by atoms with Gasteiger partial charge in [0.1, 0.15) is 0 Å². The number of esters is 1. The molecule has 1 aliphatic rings. The highest BCUT2D eigenvalue weighted by Gasteiger charge is 2.46. The summed E-state index contributed by atoms with van der Waals surface area (Å²) in [5.74, 6) is 0.959. The Morgan fingerprint density at radius 1 is 1.75 bits per heavy atom. The van der Waals surface area contributed by atoms with Crippen LogP contribution in [0.1, 0.15) is 26.7 Å². The van der Waals surface area contributed by atoms with Gasteiger partial charge in [-0.15, -0.1) is 0 Å². The Bertz CT molecular complexity index is 189. The average Bonchev–Trinajstić information content (AvgIpc) is 2.66. The lowest BCUT2D eigenvalue weighted by Gasteiger charge is -2.23. The average molecular weight is 171 g/mol. The molecule has 1 saturated carbocycles. The Labute approximate surface area is 73.3 Å². The van der Waals surface area contributed by atoms with Crippen LogP contribution in [0.15, 0.2) is 0 Å². The van der Waals surface area contributed by atoms with Gasteiger partial charge < -0.3 is 10.5 Å². The molecule has 12 heavy (non-hydrogen) atoms. The molecule has 0 radical (unpaired) electrons. The van der Waals surface area contributed by atoms with Gasteiger partial charge in [-0.05, 0) is 25.2 Å². The van der Waals surface area contributed by atoms with E-state index in [0.717, 1.165) is 6.42 Å². The van der Waals surface area contributed by atoms with Gasteiger partial charge in [-0.25, -0.2) is 0 Å². The normalized spacial score (nSPS) is 32.3. The molecule has 3 heteroatoms. The summed E-state index contributed by atoms with van der Waals surface area (Å²) in [5, 5.41) is 0. The van der Waals surface area contributed by atoms with Crippen molar-refractivity contribution in [1.82, 2.24) is 0 Å². The minimum absolute atomic E-state index is 0.209.